The first-order valence-corrected chi connectivity index (χ1v) is 12.0. The molecule has 2 heterocycles. The summed E-state index contributed by atoms with van der Waals surface area (Å²) in [5.74, 6) is -1.67. The number of benzene rings is 1. The molecular weight excluding hydrogens is 458 g/mol. The first kappa shape index (κ1) is 23.6. The third-order valence-corrected chi connectivity index (χ3v) is 6.86. The minimum atomic E-state index is -1.10. The minimum absolute atomic E-state index is 0.212. The van der Waals surface area contributed by atoms with Crippen LogP contribution < -0.4 is 10.9 Å². The number of hydrogen-bond acceptors (Lipinski definition) is 8. The molecule has 10 heteroatoms. The van der Waals surface area contributed by atoms with Gasteiger partial charge in [0.1, 0.15) is 5.00 Å². The second-order valence-corrected chi connectivity index (χ2v) is 9.08. The number of esters is 2. The zero-order chi connectivity index (χ0) is 24.2. The Morgan fingerprint density at radius 3 is 2.68 bits per heavy atom. The molecule has 2 aromatic heterocycles. The van der Waals surface area contributed by atoms with Gasteiger partial charge < -0.3 is 14.8 Å². The Labute approximate surface area is 199 Å². The number of aromatic nitrogens is 2. The summed E-state index contributed by atoms with van der Waals surface area (Å²) >= 11 is 1.37. The molecule has 0 fully saturated rings. The number of aromatic amines is 1. The van der Waals surface area contributed by atoms with Crippen LogP contribution in [0.4, 0.5) is 5.00 Å². The van der Waals surface area contributed by atoms with Crippen LogP contribution in [0, 0.1) is 0 Å². The second-order valence-electron chi connectivity index (χ2n) is 7.98. The van der Waals surface area contributed by atoms with E-state index in [0.717, 1.165) is 36.1 Å². The Hall–Kier alpha value is -3.53. The van der Waals surface area contributed by atoms with Crippen molar-refractivity contribution < 1.29 is 23.9 Å². The number of ether oxygens (including phenoxy) is 2. The van der Waals surface area contributed by atoms with Gasteiger partial charge in [0.25, 0.3) is 11.5 Å². The van der Waals surface area contributed by atoms with E-state index in [1.807, 2.05) is 0 Å². The zero-order valence-electron chi connectivity index (χ0n) is 18.9. The highest BCUT2D eigenvalue weighted by Crippen LogP contribution is 2.38. The lowest BCUT2D eigenvalue weighted by Crippen LogP contribution is -2.31. The SMILES string of the molecule is CCOC(=O)c1c(NC(=O)[C@@H](C)OC(=O)Cc2n[nH]c(=O)c3ccccc23)sc2c1CCCC2. The van der Waals surface area contributed by atoms with E-state index in [-0.39, 0.29) is 18.6 Å². The molecule has 0 saturated carbocycles. The number of rotatable bonds is 7. The number of thiophene rings is 1. The van der Waals surface area contributed by atoms with Gasteiger partial charge in [0.15, 0.2) is 6.10 Å². The average Bonchev–Trinajstić information content (AvgIpc) is 3.19. The summed E-state index contributed by atoms with van der Waals surface area (Å²) in [4.78, 5) is 50.9. The maximum absolute atomic E-state index is 12.8. The number of carbonyl (C=O) groups is 3. The first-order chi connectivity index (χ1) is 16.4. The van der Waals surface area contributed by atoms with Gasteiger partial charge in [-0.25, -0.2) is 9.89 Å². The van der Waals surface area contributed by atoms with E-state index in [1.54, 1.807) is 31.2 Å². The summed E-state index contributed by atoms with van der Waals surface area (Å²) < 4.78 is 10.5. The van der Waals surface area contributed by atoms with Gasteiger partial charge in [0.05, 0.1) is 29.7 Å². The summed E-state index contributed by atoms with van der Waals surface area (Å²) in [6.07, 6.45) is 2.31. The Bertz CT molecular complexity index is 1310. The van der Waals surface area contributed by atoms with Gasteiger partial charge in [-0.2, -0.15) is 5.10 Å². The molecule has 1 aliphatic rings. The Balaban J connectivity index is 1.46. The van der Waals surface area contributed by atoms with E-state index in [1.165, 1.54) is 18.3 Å². The average molecular weight is 484 g/mol. The summed E-state index contributed by atoms with van der Waals surface area (Å²) in [5.41, 5.74) is 1.34. The first-order valence-electron chi connectivity index (χ1n) is 11.2. The van der Waals surface area contributed by atoms with Gasteiger partial charge >= 0.3 is 11.9 Å². The molecule has 0 saturated heterocycles. The number of nitrogens with one attached hydrogen (secondary N) is 2. The fourth-order valence-corrected chi connectivity index (χ4v) is 5.30. The molecule has 1 amide bonds. The summed E-state index contributed by atoms with van der Waals surface area (Å²) in [7, 11) is 0. The van der Waals surface area contributed by atoms with E-state index in [4.69, 9.17) is 9.47 Å². The van der Waals surface area contributed by atoms with Crippen LogP contribution in [0.3, 0.4) is 0 Å². The van der Waals surface area contributed by atoms with Gasteiger partial charge in [-0.1, -0.05) is 18.2 Å². The highest BCUT2D eigenvalue weighted by atomic mass is 32.1. The molecule has 3 aromatic rings. The van der Waals surface area contributed by atoms with Crippen LogP contribution >= 0.6 is 11.3 Å². The molecule has 0 bridgehead atoms. The van der Waals surface area contributed by atoms with Gasteiger partial charge in [0, 0.05) is 10.3 Å². The molecule has 0 radical (unpaired) electrons. The largest absolute Gasteiger partial charge is 0.462 e. The number of anilines is 1. The second kappa shape index (κ2) is 10.2. The Kier molecular flexibility index (Phi) is 7.06. The smallest absolute Gasteiger partial charge is 0.341 e. The number of nitrogens with zero attached hydrogens (tertiary/aromatic N) is 1. The standard InChI is InChI=1S/C24H25N3O6S/c1-3-32-24(31)20-16-10-6-7-11-18(16)34-23(20)25-21(29)13(2)33-19(28)12-17-14-8-4-5-9-15(14)22(30)27-26-17/h4-5,8-9,13H,3,6-7,10-12H2,1-2H3,(H,25,29)(H,27,30)/t13-/m1/s1. The number of amides is 1. The van der Waals surface area contributed by atoms with Crippen LogP contribution in [-0.2, 0) is 38.3 Å². The normalized spacial score (nSPS) is 13.7. The molecular formula is C24H25N3O6S. The van der Waals surface area contributed by atoms with Crippen LogP contribution in [0.1, 0.15) is 53.2 Å². The lowest BCUT2D eigenvalue weighted by atomic mass is 9.95. The molecule has 0 unspecified atom stereocenters. The number of H-pyrrole nitrogens is 1. The predicted octanol–water partition coefficient (Wildman–Crippen LogP) is 3.15. The summed E-state index contributed by atoms with van der Waals surface area (Å²) in [6, 6.07) is 6.81. The molecule has 1 atom stereocenters. The van der Waals surface area contributed by atoms with Gasteiger partial charge in [-0.05, 0) is 51.2 Å². The molecule has 9 nitrogen and oxygen atoms in total. The van der Waals surface area contributed by atoms with Crippen LogP contribution in [0.25, 0.3) is 10.8 Å². The molecule has 0 spiro atoms. The van der Waals surface area contributed by atoms with Gasteiger partial charge in [0.2, 0.25) is 0 Å². The Morgan fingerprint density at radius 1 is 1.18 bits per heavy atom. The third-order valence-electron chi connectivity index (χ3n) is 5.65. The number of hydrogen-bond donors (Lipinski definition) is 2. The minimum Gasteiger partial charge on any atom is -0.462 e. The molecule has 4 rings (SSSR count). The van der Waals surface area contributed by atoms with E-state index >= 15 is 0 Å². The molecule has 2 N–H and O–H groups in total. The molecule has 1 aliphatic carbocycles. The maximum Gasteiger partial charge on any atom is 0.341 e. The third kappa shape index (κ3) is 4.86. The van der Waals surface area contributed by atoms with E-state index in [0.29, 0.717) is 27.0 Å². The van der Waals surface area contributed by atoms with Crippen molar-refractivity contribution in [2.75, 3.05) is 11.9 Å². The van der Waals surface area contributed by atoms with Crippen molar-refractivity contribution >= 4 is 45.0 Å². The molecule has 0 aliphatic heterocycles. The quantitative estimate of drug-likeness (QED) is 0.494. The zero-order valence-corrected chi connectivity index (χ0v) is 19.8. The molecule has 34 heavy (non-hydrogen) atoms. The Morgan fingerprint density at radius 2 is 1.91 bits per heavy atom. The summed E-state index contributed by atoms with van der Waals surface area (Å²) in [6.45, 7) is 3.43. The fourth-order valence-electron chi connectivity index (χ4n) is 4.02. The highest BCUT2D eigenvalue weighted by molar-refractivity contribution is 7.17. The molecule has 1 aromatic carbocycles. The fraction of sp³-hybridized carbons (Fsp3) is 0.375. The van der Waals surface area contributed by atoms with Crippen molar-refractivity contribution in [2.45, 2.75) is 52.1 Å². The monoisotopic (exact) mass is 483 g/mol. The number of aryl methyl sites for hydroxylation is 1. The van der Waals surface area contributed by atoms with Crippen LogP contribution in [0.15, 0.2) is 29.1 Å². The van der Waals surface area contributed by atoms with Crippen molar-refractivity contribution in [1.82, 2.24) is 10.2 Å². The van der Waals surface area contributed by atoms with Crippen molar-refractivity contribution in [3.05, 3.63) is 56.3 Å². The number of fused-ring (bicyclic) bond motifs is 2. The predicted molar refractivity (Wildman–Crippen MR) is 127 cm³/mol. The molecule has 178 valence electrons. The van der Waals surface area contributed by atoms with Crippen molar-refractivity contribution in [2.24, 2.45) is 0 Å². The maximum atomic E-state index is 12.8. The topological polar surface area (TPSA) is 127 Å². The highest BCUT2D eigenvalue weighted by Gasteiger charge is 2.29. The van der Waals surface area contributed by atoms with E-state index in [9.17, 15) is 19.2 Å². The van der Waals surface area contributed by atoms with E-state index < -0.39 is 23.9 Å². The van der Waals surface area contributed by atoms with Crippen LogP contribution in [-0.4, -0.2) is 40.8 Å². The van der Waals surface area contributed by atoms with Crippen molar-refractivity contribution in [3.63, 3.8) is 0 Å². The van der Waals surface area contributed by atoms with Gasteiger partial charge in [-0.3, -0.25) is 14.4 Å². The number of carbonyl (C=O) groups excluding carboxylic acids is 3. The van der Waals surface area contributed by atoms with Gasteiger partial charge in [-0.15, -0.1) is 11.3 Å². The summed E-state index contributed by atoms with van der Waals surface area (Å²) in [5, 5.41) is 10.5. The van der Waals surface area contributed by atoms with E-state index in [2.05, 4.69) is 15.5 Å². The van der Waals surface area contributed by atoms with Crippen LogP contribution in [0.2, 0.25) is 0 Å². The van der Waals surface area contributed by atoms with Crippen molar-refractivity contribution in [3.8, 4) is 0 Å². The van der Waals surface area contributed by atoms with Crippen molar-refractivity contribution in [1.29, 1.82) is 0 Å². The van der Waals surface area contributed by atoms with Crippen LogP contribution in [0.5, 0.6) is 0 Å². The lowest BCUT2D eigenvalue weighted by molar-refractivity contribution is -0.152. The lowest BCUT2D eigenvalue weighted by Gasteiger charge is -2.14.